The van der Waals surface area contributed by atoms with Gasteiger partial charge in [-0.3, -0.25) is 0 Å². The molecular formula is C23H31N3Si. The molecule has 3 nitrogen and oxygen atoms in total. The minimum atomic E-state index is -1.76. The summed E-state index contributed by atoms with van der Waals surface area (Å²) in [5, 5.41) is 0. The minimum Gasteiger partial charge on any atom is -0.332 e. The predicted molar refractivity (Wildman–Crippen MR) is 118 cm³/mol. The Balaban J connectivity index is 1.88. The van der Waals surface area contributed by atoms with Crippen LogP contribution in [0.4, 0.5) is 0 Å². The molecule has 0 radical (unpaired) electrons. The summed E-state index contributed by atoms with van der Waals surface area (Å²) in [4.78, 5) is 3.96. The Morgan fingerprint density at radius 3 is 2.33 bits per heavy atom. The van der Waals surface area contributed by atoms with Gasteiger partial charge in [-0.15, -0.1) is 0 Å². The highest BCUT2D eigenvalue weighted by Crippen LogP contribution is 2.49. The van der Waals surface area contributed by atoms with Crippen LogP contribution in [0.25, 0.3) is 17.2 Å². The molecule has 142 valence electrons. The van der Waals surface area contributed by atoms with Crippen molar-refractivity contribution in [3.8, 4) is 11.1 Å². The van der Waals surface area contributed by atoms with E-state index in [-0.39, 0.29) is 5.54 Å². The Labute approximate surface area is 163 Å². The maximum absolute atomic E-state index is 6.59. The predicted octanol–water partition coefficient (Wildman–Crippen LogP) is 4.42. The lowest BCUT2D eigenvalue weighted by Gasteiger charge is -2.39. The first-order valence-corrected chi connectivity index (χ1v) is 12.8. The van der Waals surface area contributed by atoms with E-state index in [0.29, 0.717) is 5.54 Å². The van der Waals surface area contributed by atoms with E-state index in [1.54, 1.807) is 0 Å². The first-order chi connectivity index (χ1) is 12.4. The Kier molecular flexibility index (Phi) is 3.89. The van der Waals surface area contributed by atoms with Crippen LogP contribution in [0.3, 0.4) is 0 Å². The van der Waals surface area contributed by atoms with Gasteiger partial charge in [0.15, 0.2) is 0 Å². The number of benzene rings is 2. The monoisotopic (exact) mass is 377 g/mol. The molecular weight excluding hydrogens is 346 g/mol. The van der Waals surface area contributed by atoms with Crippen molar-refractivity contribution >= 4 is 14.3 Å². The average molecular weight is 378 g/mol. The van der Waals surface area contributed by atoms with Crippen molar-refractivity contribution in [3.05, 3.63) is 64.2 Å². The quantitative estimate of drug-likeness (QED) is 0.536. The molecule has 1 atom stereocenters. The lowest BCUT2D eigenvalue weighted by Crippen LogP contribution is -2.58. The summed E-state index contributed by atoms with van der Waals surface area (Å²) in [5.74, 6) is 0. The van der Waals surface area contributed by atoms with Crippen LogP contribution in [0.2, 0.25) is 13.1 Å². The maximum atomic E-state index is 6.59. The summed E-state index contributed by atoms with van der Waals surface area (Å²) in [6, 6.07) is 12.9. The number of allylic oxidation sites excluding steroid dienone is 1. The van der Waals surface area contributed by atoms with Gasteiger partial charge in [-0.2, -0.15) is 0 Å². The average Bonchev–Trinajstić information content (AvgIpc) is 2.96. The summed E-state index contributed by atoms with van der Waals surface area (Å²) in [6.45, 7) is 13.9. The third-order valence-corrected chi connectivity index (χ3v) is 9.50. The number of nitrogens with one attached hydrogen (secondary N) is 1. The van der Waals surface area contributed by atoms with Crippen molar-refractivity contribution in [2.45, 2.75) is 57.5 Å². The highest BCUT2D eigenvalue weighted by Gasteiger charge is 2.43. The van der Waals surface area contributed by atoms with Gasteiger partial charge in [-0.1, -0.05) is 49.0 Å². The Hall–Kier alpha value is -1.72. The first kappa shape index (κ1) is 18.6. The van der Waals surface area contributed by atoms with Gasteiger partial charge in [0.05, 0.1) is 0 Å². The summed E-state index contributed by atoms with van der Waals surface area (Å²) in [6.07, 6.45) is 2.33. The number of fused-ring (bicyclic) bond motifs is 4. The van der Waals surface area contributed by atoms with Crippen molar-refractivity contribution in [3.63, 3.8) is 0 Å². The maximum Gasteiger partial charge on any atom is 0.131 e. The third-order valence-electron chi connectivity index (χ3n) is 5.90. The molecule has 4 heteroatoms. The molecule has 1 unspecified atom stereocenters. The molecule has 5 N–H and O–H groups in total. The summed E-state index contributed by atoms with van der Waals surface area (Å²) in [5.41, 5.74) is 21.4. The molecule has 0 aromatic heterocycles. The molecule has 2 aliphatic rings. The summed E-state index contributed by atoms with van der Waals surface area (Å²) in [7, 11) is -1.76. The fraction of sp³-hybridized carbons (Fsp3) is 0.391. The van der Waals surface area contributed by atoms with Gasteiger partial charge in [-0.25, -0.2) is 0 Å². The van der Waals surface area contributed by atoms with Gasteiger partial charge in [0.25, 0.3) is 0 Å². The molecule has 4 rings (SSSR count). The topological polar surface area (TPSA) is 64.1 Å². The van der Waals surface area contributed by atoms with E-state index >= 15 is 0 Å². The lowest BCUT2D eigenvalue weighted by molar-refractivity contribution is 0.508. The SMILES string of the molecule is CC1=Cc2cc3c(cc2C1[Si](C)(C)NC(C)(C)C)-c1ccccc1C3(N)N. The van der Waals surface area contributed by atoms with Gasteiger partial charge in [0.1, 0.15) is 13.9 Å². The molecule has 0 bridgehead atoms. The zero-order valence-corrected chi connectivity index (χ0v) is 18.3. The fourth-order valence-electron chi connectivity index (χ4n) is 5.37. The smallest absolute Gasteiger partial charge is 0.131 e. The van der Waals surface area contributed by atoms with Gasteiger partial charge in [0, 0.05) is 11.1 Å². The number of hydrogen-bond donors (Lipinski definition) is 3. The second-order valence-corrected chi connectivity index (χ2v) is 14.1. The number of hydrogen-bond acceptors (Lipinski definition) is 3. The molecule has 27 heavy (non-hydrogen) atoms. The van der Waals surface area contributed by atoms with Gasteiger partial charge < -0.3 is 16.4 Å². The Morgan fingerprint density at radius 1 is 1.00 bits per heavy atom. The van der Waals surface area contributed by atoms with Gasteiger partial charge >= 0.3 is 0 Å². The zero-order valence-electron chi connectivity index (χ0n) is 17.3. The van der Waals surface area contributed by atoms with Crippen LogP contribution in [0.5, 0.6) is 0 Å². The van der Waals surface area contributed by atoms with E-state index < -0.39 is 13.9 Å². The van der Waals surface area contributed by atoms with Crippen LogP contribution in [0.15, 0.2) is 42.0 Å². The molecule has 0 fully saturated rings. The van der Waals surface area contributed by atoms with E-state index in [0.717, 1.165) is 11.1 Å². The van der Waals surface area contributed by atoms with Crippen LogP contribution in [0, 0.1) is 0 Å². The molecule has 0 spiro atoms. The first-order valence-electron chi connectivity index (χ1n) is 9.75. The minimum absolute atomic E-state index is 0.103. The van der Waals surface area contributed by atoms with E-state index in [2.05, 4.69) is 82.2 Å². The molecule has 0 amide bonds. The van der Waals surface area contributed by atoms with Crippen molar-refractivity contribution < 1.29 is 0 Å². The van der Waals surface area contributed by atoms with Crippen LogP contribution < -0.4 is 16.4 Å². The molecule has 0 saturated carbocycles. The second kappa shape index (κ2) is 5.64. The largest absolute Gasteiger partial charge is 0.332 e. The molecule has 0 heterocycles. The van der Waals surface area contributed by atoms with E-state index in [1.165, 1.54) is 27.8 Å². The fourth-order valence-corrected chi connectivity index (χ4v) is 9.69. The number of rotatable bonds is 2. The molecule has 2 aromatic rings. The van der Waals surface area contributed by atoms with Crippen LogP contribution in [-0.4, -0.2) is 13.8 Å². The van der Waals surface area contributed by atoms with Crippen LogP contribution >= 0.6 is 0 Å². The Bertz CT molecular complexity index is 964. The van der Waals surface area contributed by atoms with Gasteiger partial charge in [0.2, 0.25) is 0 Å². The third kappa shape index (κ3) is 2.83. The van der Waals surface area contributed by atoms with Crippen molar-refractivity contribution in [2.24, 2.45) is 11.5 Å². The Morgan fingerprint density at radius 2 is 1.67 bits per heavy atom. The standard InChI is InChI=1S/C23H31N3Si/c1-14-11-15-12-20-18(16-9-7-8-10-19(16)23(20,24)25)13-17(15)21(14)27(5,6)26-22(2,3)4/h7-13,21,26H,24-25H2,1-6H3. The van der Waals surface area contributed by atoms with Crippen molar-refractivity contribution in [2.75, 3.05) is 0 Å². The zero-order chi connectivity index (χ0) is 19.8. The van der Waals surface area contributed by atoms with Crippen molar-refractivity contribution in [1.29, 1.82) is 0 Å². The number of nitrogens with two attached hydrogens (primary N) is 2. The van der Waals surface area contributed by atoms with Crippen LogP contribution in [-0.2, 0) is 5.66 Å². The highest BCUT2D eigenvalue weighted by molar-refractivity contribution is 6.77. The normalized spacial score (nSPS) is 20.1. The summed E-state index contributed by atoms with van der Waals surface area (Å²) < 4.78 is 0. The molecule has 0 aliphatic heterocycles. The van der Waals surface area contributed by atoms with E-state index in [9.17, 15) is 0 Å². The molecule has 2 aromatic carbocycles. The van der Waals surface area contributed by atoms with Crippen LogP contribution in [0.1, 0.15) is 55.5 Å². The van der Waals surface area contributed by atoms with Gasteiger partial charge in [-0.05, 0) is 73.2 Å². The van der Waals surface area contributed by atoms with Crippen molar-refractivity contribution in [1.82, 2.24) is 4.98 Å². The highest BCUT2D eigenvalue weighted by atomic mass is 28.3. The molecule has 2 aliphatic carbocycles. The summed E-state index contributed by atoms with van der Waals surface area (Å²) >= 11 is 0. The van der Waals surface area contributed by atoms with E-state index in [4.69, 9.17) is 11.5 Å². The van der Waals surface area contributed by atoms with E-state index in [1.807, 2.05) is 6.07 Å². The lowest BCUT2D eigenvalue weighted by atomic mass is 9.95. The second-order valence-electron chi connectivity index (χ2n) is 9.86. The molecule has 0 saturated heterocycles.